The summed E-state index contributed by atoms with van der Waals surface area (Å²) in [5.41, 5.74) is 2.93. The number of allylic oxidation sites excluding steroid dienone is 3. The number of ether oxygens (including phenoxy) is 1. The van der Waals surface area contributed by atoms with Gasteiger partial charge in [0.2, 0.25) is 0 Å². The highest BCUT2D eigenvalue weighted by atomic mass is 16.5. The lowest BCUT2D eigenvalue weighted by molar-refractivity contribution is 0.0991. The maximum Gasteiger partial charge on any atom is 0.167 e. The quantitative estimate of drug-likeness (QED) is 0.745. The molecule has 0 amide bonds. The molecule has 0 heterocycles. The predicted octanol–water partition coefficient (Wildman–Crippen LogP) is 3.88. The molecule has 0 N–H and O–H groups in total. The first-order valence-corrected chi connectivity index (χ1v) is 6.48. The van der Waals surface area contributed by atoms with Gasteiger partial charge < -0.3 is 4.74 Å². The van der Waals surface area contributed by atoms with Gasteiger partial charge in [-0.25, -0.2) is 0 Å². The highest BCUT2D eigenvalue weighted by Gasteiger charge is 2.23. The van der Waals surface area contributed by atoms with Gasteiger partial charge in [-0.3, -0.25) is 4.79 Å². The monoisotopic (exact) mass is 254 g/mol. The SMILES string of the molecule is C=C/C=C\C(=C/C)COc1cccc2c1C(=O)CC2. The number of benzene rings is 1. The van der Waals surface area contributed by atoms with Crippen LogP contribution in [0.4, 0.5) is 0 Å². The van der Waals surface area contributed by atoms with Crippen molar-refractivity contribution in [3.8, 4) is 5.75 Å². The summed E-state index contributed by atoms with van der Waals surface area (Å²) in [5.74, 6) is 0.889. The maximum atomic E-state index is 11.9. The van der Waals surface area contributed by atoms with E-state index in [1.807, 2.05) is 43.4 Å². The molecule has 0 aliphatic heterocycles. The molecule has 1 aromatic carbocycles. The van der Waals surface area contributed by atoms with Crippen LogP contribution in [-0.4, -0.2) is 12.4 Å². The van der Waals surface area contributed by atoms with Crippen molar-refractivity contribution in [3.05, 3.63) is 65.8 Å². The van der Waals surface area contributed by atoms with E-state index in [2.05, 4.69) is 6.58 Å². The van der Waals surface area contributed by atoms with Crippen molar-refractivity contribution in [1.82, 2.24) is 0 Å². The molecule has 0 saturated carbocycles. The van der Waals surface area contributed by atoms with Gasteiger partial charge in [0.1, 0.15) is 12.4 Å². The Balaban J connectivity index is 2.13. The molecule has 1 aromatic rings. The van der Waals surface area contributed by atoms with E-state index in [9.17, 15) is 4.79 Å². The Morgan fingerprint density at radius 2 is 2.26 bits per heavy atom. The van der Waals surface area contributed by atoms with E-state index in [0.717, 1.165) is 23.1 Å². The van der Waals surface area contributed by atoms with Crippen LogP contribution in [0.25, 0.3) is 0 Å². The van der Waals surface area contributed by atoms with E-state index in [1.54, 1.807) is 6.08 Å². The summed E-state index contributed by atoms with van der Waals surface area (Å²) >= 11 is 0. The van der Waals surface area contributed by atoms with Crippen LogP contribution in [0.3, 0.4) is 0 Å². The number of Topliss-reactive ketones (excluding diaryl/α,β-unsaturated/α-hetero) is 1. The summed E-state index contributed by atoms with van der Waals surface area (Å²) in [6.45, 7) is 6.07. The van der Waals surface area contributed by atoms with Crippen LogP contribution in [0.2, 0.25) is 0 Å². The number of fused-ring (bicyclic) bond motifs is 1. The van der Waals surface area contributed by atoms with Gasteiger partial charge in [0.05, 0.1) is 5.56 Å². The molecular weight excluding hydrogens is 236 g/mol. The van der Waals surface area contributed by atoms with Gasteiger partial charge in [-0.2, -0.15) is 0 Å². The second-order valence-corrected chi connectivity index (χ2v) is 4.46. The summed E-state index contributed by atoms with van der Waals surface area (Å²) in [4.78, 5) is 11.9. The minimum absolute atomic E-state index is 0.189. The topological polar surface area (TPSA) is 26.3 Å². The minimum Gasteiger partial charge on any atom is -0.488 e. The molecule has 0 spiro atoms. The highest BCUT2D eigenvalue weighted by Crippen LogP contribution is 2.30. The Kier molecular flexibility index (Phi) is 4.35. The van der Waals surface area contributed by atoms with E-state index in [0.29, 0.717) is 18.8 Å². The Labute approximate surface area is 114 Å². The summed E-state index contributed by atoms with van der Waals surface area (Å²) in [6, 6.07) is 5.81. The molecule has 1 aliphatic carbocycles. The molecule has 1 aliphatic rings. The van der Waals surface area contributed by atoms with Gasteiger partial charge in [-0.15, -0.1) is 0 Å². The second-order valence-electron chi connectivity index (χ2n) is 4.46. The number of hydrogen-bond acceptors (Lipinski definition) is 2. The largest absolute Gasteiger partial charge is 0.488 e. The first kappa shape index (κ1) is 13.3. The van der Waals surface area contributed by atoms with Crippen LogP contribution in [-0.2, 0) is 6.42 Å². The first-order chi connectivity index (χ1) is 9.26. The predicted molar refractivity (Wildman–Crippen MR) is 77.7 cm³/mol. The third-order valence-electron chi connectivity index (χ3n) is 3.22. The molecule has 98 valence electrons. The zero-order chi connectivity index (χ0) is 13.7. The molecule has 0 atom stereocenters. The van der Waals surface area contributed by atoms with Crippen LogP contribution < -0.4 is 4.74 Å². The van der Waals surface area contributed by atoms with Crippen molar-refractivity contribution in [2.75, 3.05) is 6.61 Å². The summed E-state index contributed by atoms with van der Waals surface area (Å²) < 4.78 is 5.79. The van der Waals surface area contributed by atoms with Crippen molar-refractivity contribution < 1.29 is 9.53 Å². The molecule has 2 heteroatoms. The van der Waals surface area contributed by atoms with Crippen LogP contribution in [0, 0.1) is 0 Å². The van der Waals surface area contributed by atoms with Gasteiger partial charge in [0.15, 0.2) is 5.78 Å². The lowest BCUT2D eigenvalue weighted by atomic mass is 10.1. The lowest BCUT2D eigenvalue weighted by Crippen LogP contribution is -2.04. The van der Waals surface area contributed by atoms with E-state index >= 15 is 0 Å². The standard InChI is InChI=1S/C17H18O2/c1-3-5-7-13(4-2)12-19-16-9-6-8-14-10-11-15(18)17(14)16/h3-9H,1,10-12H2,2H3/b7-5-,13-4+. The van der Waals surface area contributed by atoms with E-state index in [-0.39, 0.29) is 5.78 Å². The molecule has 0 aromatic heterocycles. The first-order valence-electron chi connectivity index (χ1n) is 6.48. The molecule has 0 saturated heterocycles. The average molecular weight is 254 g/mol. The maximum absolute atomic E-state index is 11.9. The van der Waals surface area contributed by atoms with Crippen molar-refractivity contribution in [1.29, 1.82) is 0 Å². The highest BCUT2D eigenvalue weighted by molar-refractivity contribution is 6.02. The van der Waals surface area contributed by atoms with Gasteiger partial charge in [-0.05, 0) is 30.5 Å². The number of carbonyl (C=O) groups is 1. The van der Waals surface area contributed by atoms with Crippen LogP contribution >= 0.6 is 0 Å². The summed E-state index contributed by atoms with van der Waals surface area (Å²) in [7, 11) is 0. The minimum atomic E-state index is 0.189. The van der Waals surface area contributed by atoms with Crippen molar-refractivity contribution in [2.24, 2.45) is 0 Å². The normalized spacial score (nSPS) is 14.8. The molecule has 2 rings (SSSR count). The summed E-state index contributed by atoms with van der Waals surface area (Å²) in [5, 5.41) is 0. The van der Waals surface area contributed by atoms with Crippen molar-refractivity contribution in [2.45, 2.75) is 19.8 Å². The molecule has 2 nitrogen and oxygen atoms in total. The summed E-state index contributed by atoms with van der Waals surface area (Å²) in [6.07, 6.45) is 8.98. The Bertz CT molecular complexity index is 550. The number of hydrogen-bond donors (Lipinski definition) is 0. The third-order valence-corrected chi connectivity index (χ3v) is 3.22. The number of carbonyl (C=O) groups excluding carboxylic acids is 1. The second kappa shape index (κ2) is 6.19. The number of rotatable bonds is 5. The zero-order valence-corrected chi connectivity index (χ0v) is 11.2. The van der Waals surface area contributed by atoms with Crippen LogP contribution in [0.15, 0.2) is 54.7 Å². The molecule has 0 fully saturated rings. The van der Waals surface area contributed by atoms with Crippen LogP contribution in [0.1, 0.15) is 29.3 Å². The lowest BCUT2D eigenvalue weighted by Gasteiger charge is -2.10. The fraction of sp³-hybridized carbons (Fsp3) is 0.235. The Morgan fingerprint density at radius 1 is 1.42 bits per heavy atom. The van der Waals surface area contributed by atoms with E-state index in [1.165, 1.54) is 0 Å². The number of ketones is 1. The van der Waals surface area contributed by atoms with E-state index in [4.69, 9.17) is 4.74 Å². The van der Waals surface area contributed by atoms with E-state index < -0.39 is 0 Å². The average Bonchev–Trinajstić information content (AvgIpc) is 2.82. The molecular formula is C17H18O2. The van der Waals surface area contributed by atoms with Gasteiger partial charge in [0, 0.05) is 6.42 Å². The smallest absolute Gasteiger partial charge is 0.167 e. The number of aryl methyl sites for hydroxylation is 1. The molecule has 0 unspecified atom stereocenters. The Hall–Kier alpha value is -2.09. The fourth-order valence-electron chi connectivity index (χ4n) is 2.18. The molecule has 0 bridgehead atoms. The fourth-order valence-corrected chi connectivity index (χ4v) is 2.18. The van der Waals surface area contributed by atoms with Crippen molar-refractivity contribution >= 4 is 5.78 Å². The Morgan fingerprint density at radius 3 is 3.00 bits per heavy atom. The van der Waals surface area contributed by atoms with Crippen LogP contribution in [0.5, 0.6) is 5.75 Å². The van der Waals surface area contributed by atoms with Gasteiger partial charge in [-0.1, -0.05) is 43.0 Å². The molecule has 19 heavy (non-hydrogen) atoms. The van der Waals surface area contributed by atoms with Crippen molar-refractivity contribution in [3.63, 3.8) is 0 Å². The van der Waals surface area contributed by atoms with Gasteiger partial charge in [0.25, 0.3) is 0 Å². The van der Waals surface area contributed by atoms with Gasteiger partial charge >= 0.3 is 0 Å². The third kappa shape index (κ3) is 3.02. The zero-order valence-electron chi connectivity index (χ0n) is 11.2. The molecule has 0 radical (unpaired) electrons.